The predicted molar refractivity (Wildman–Crippen MR) is 81.9 cm³/mol. The summed E-state index contributed by atoms with van der Waals surface area (Å²) in [5.41, 5.74) is 0.938. The molecule has 1 rings (SSSR count). The van der Waals surface area contributed by atoms with Gasteiger partial charge >= 0.3 is 6.09 Å². The fourth-order valence-electron chi connectivity index (χ4n) is 1.24. The second kappa shape index (κ2) is 9.93. The lowest BCUT2D eigenvalue weighted by Crippen LogP contribution is -2.18. The maximum absolute atomic E-state index is 10.9. The molecule has 0 aliphatic carbocycles. The highest BCUT2D eigenvalue weighted by atomic mass is 33.1. The van der Waals surface area contributed by atoms with Crippen LogP contribution in [0.3, 0.4) is 0 Å². The van der Waals surface area contributed by atoms with E-state index in [0.717, 1.165) is 16.2 Å². The van der Waals surface area contributed by atoms with Crippen LogP contribution < -0.4 is 5.32 Å². The summed E-state index contributed by atoms with van der Waals surface area (Å²) >= 11 is 0. The van der Waals surface area contributed by atoms with E-state index in [1.54, 1.807) is 28.7 Å². The summed E-state index contributed by atoms with van der Waals surface area (Å²) in [5.74, 6) is 0.721. The summed E-state index contributed by atoms with van der Waals surface area (Å²) in [6, 6.07) is 7.79. The number of alkyl carbamates (subject to hydrolysis) is 1. The highest BCUT2D eigenvalue weighted by Gasteiger charge is 2.06. The molecule has 0 bridgehead atoms. The molecule has 20 heavy (non-hydrogen) atoms. The minimum atomic E-state index is -0.436. The second-order valence-electron chi connectivity index (χ2n) is 3.88. The van der Waals surface area contributed by atoms with Crippen LogP contribution in [0.25, 0.3) is 0 Å². The van der Waals surface area contributed by atoms with Crippen molar-refractivity contribution >= 4 is 27.7 Å². The minimum Gasteiger partial charge on any atom is -0.445 e. The molecular weight excluding hydrogens is 298 g/mol. The number of carbonyl (C=O) groups excluding carboxylic acids is 1. The molecule has 0 heterocycles. The Balaban J connectivity index is 2.33. The average Bonchev–Trinajstić information content (AvgIpc) is 2.50. The molecular formula is C13H19NO4S2. The van der Waals surface area contributed by atoms with Crippen LogP contribution in [0.1, 0.15) is 5.56 Å². The molecule has 0 spiro atoms. The zero-order valence-corrected chi connectivity index (χ0v) is 13.1. The number of aliphatic hydroxyl groups is 1. The Kier molecular flexibility index (Phi) is 8.52. The van der Waals surface area contributed by atoms with Crippen LogP contribution in [0.2, 0.25) is 0 Å². The van der Waals surface area contributed by atoms with Gasteiger partial charge in [0.25, 0.3) is 0 Å². The van der Waals surface area contributed by atoms with Crippen molar-refractivity contribution in [2.24, 2.45) is 0 Å². The third-order valence-electron chi connectivity index (χ3n) is 2.44. The third-order valence-corrected chi connectivity index (χ3v) is 4.87. The Morgan fingerprint density at radius 2 is 2.10 bits per heavy atom. The van der Waals surface area contributed by atoms with Gasteiger partial charge in [-0.25, -0.2) is 4.79 Å². The Bertz CT molecular complexity index is 396. The van der Waals surface area contributed by atoms with E-state index in [2.05, 4.69) is 5.32 Å². The van der Waals surface area contributed by atoms with E-state index < -0.39 is 6.09 Å². The summed E-state index contributed by atoms with van der Waals surface area (Å²) in [4.78, 5) is 12.0. The summed E-state index contributed by atoms with van der Waals surface area (Å²) in [6.07, 6.45) is -0.568. The van der Waals surface area contributed by atoms with Crippen LogP contribution >= 0.6 is 21.6 Å². The van der Waals surface area contributed by atoms with Crippen molar-refractivity contribution in [1.82, 2.24) is 5.32 Å². The van der Waals surface area contributed by atoms with Crippen LogP contribution in [-0.4, -0.2) is 43.8 Å². The standard InChI is InChI=1S/C13H19NO4S2/c1-14-13(16)18-8-10-3-5-12(6-4-10)20-19-9-11(7-15)17-2/h3-6,11,15H,7-9H2,1-2H3,(H,14,16). The van der Waals surface area contributed by atoms with Crippen LogP contribution in [0.4, 0.5) is 4.79 Å². The molecule has 0 radical (unpaired) electrons. The van der Waals surface area contributed by atoms with Crippen molar-refractivity contribution in [3.05, 3.63) is 29.8 Å². The van der Waals surface area contributed by atoms with Crippen molar-refractivity contribution in [2.75, 3.05) is 26.5 Å². The van der Waals surface area contributed by atoms with Crippen LogP contribution in [0, 0.1) is 0 Å². The van der Waals surface area contributed by atoms with Gasteiger partial charge < -0.3 is 19.9 Å². The van der Waals surface area contributed by atoms with Gasteiger partial charge in [0.1, 0.15) is 6.61 Å². The lowest BCUT2D eigenvalue weighted by atomic mass is 10.2. The van der Waals surface area contributed by atoms with E-state index in [1.807, 2.05) is 24.3 Å². The monoisotopic (exact) mass is 317 g/mol. The quantitative estimate of drug-likeness (QED) is 0.717. The van der Waals surface area contributed by atoms with Gasteiger partial charge in [0.15, 0.2) is 0 Å². The number of nitrogens with one attached hydrogen (secondary N) is 1. The predicted octanol–water partition coefficient (Wildman–Crippen LogP) is 2.29. The summed E-state index contributed by atoms with van der Waals surface area (Å²) in [5, 5.41) is 11.4. The van der Waals surface area contributed by atoms with Gasteiger partial charge in [0.2, 0.25) is 0 Å². The highest BCUT2D eigenvalue weighted by Crippen LogP contribution is 2.31. The van der Waals surface area contributed by atoms with E-state index in [4.69, 9.17) is 14.6 Å². The molecule has 1 aromatic carbocycles. The molecule has 112 valence electrons. The highest BCUT2D eigenvalue weighted by molar-refractivity contribution is 8.76. The van der Waals surface area contributed by atoms with Gasteiger partial charge in [-0.15, -0.1) is 0 Å². The molecule has 5 nitrogen and oxygen atoms in total. The molecule has 0 aliphatic heterocycles. The third kappa shape index (κ3) is 6.51. The first-order valence-corrected chi connectivity index (χ1v) is 8.38. The zero-order chi connectivity index (χ0) is 14.8. The van der Waals surface area contributed by atoms with Crippen molar-refractivity contribution < 1.29 is 19.4 Å². The lowest BCUT2D eigenvalue weighted by molar-refractivity contribution is 0.0658. The van der Waals surface area contributed by atoms with Crippen LogP contribution in [0.15, 0.2) is 29.2 Å². The molecule has 0 fully saturated rings. The van der Waals surface area contributed by atoms with Crippen molar-refractivity contribution in [3.8, 4) is 0 Å². The smallest absolute Gasteiger partial charge is 0.407 e. The van der Waals surface area contributed by atoms with Crippen LogP contribution in [0.5, 0.6) is 0 Å². The Morgan fingerprint density at radius 1 is 1.40 bits per heavy atom. The largest absolute Gasteiger partial charge is 0.445 e. The van der Waals surface area contributed by atoms with Gasteiger partial charge in [-0.3, -0.25) is 0 Å². The Morgan fingerprint density at radius 3 is 2.65 bits per heavy atom. The average molecular weight is 317 g/mol. The van der Waals surface area contributed by atoms with Gasteiger partial charge in [0.05, 0.1) is 12.7 Å². The number of carbonyl (C=O) groups is 1. The zero-order valence-electron chi connectivity index (χ0n) is 11.5. The summed E-state index contributed by atoms with van der Waals surface area (Å²) in [6.45, 7) is 0.286. The number of hydrogen-bond acceptors (Lipinski definition) is 6. The number of rotatable bonds is 8. The van der Waals surface area contributed by atoms with E-state index in [0.29, 0.717) is 0 Å². The van der Waals surface area contributed by atoms with E-state index in [-0.39, 0.29) is 19.3 Å². The van der Waals surface area contributed by atoms with Crippen molar-refractivity contribution in [3.63, 3.8) is 0 Å². The second-order valence-corrected chi connectivity index (χ2v) is 6.29. The molecule has 7 heteroatoms. The minimum absolute atomic E-state index is 0.0276. The first-order chi connectivity index (χ1) is 9.69. The fourth-order valence-corrected chi connectivity index (χ4v) is 3.48. The van der Waals surface area contributed by atoms with Gasteiger partial charge in [-0.05, 0) is 17.7 Å². The number of benzene rings is 1. The molecule has 0 aromatic heterocycles. The molecule has 1 atom stereocenters. The Hall–Kier alpha value is -0.890. The molecule has 1 amide bonds. The number of amides is 1. The molecule has 1 unspecified atom stereocenters. The van der Waals surface area contributed by atoms with Gasteiger partial charge in [-0.2, -0.15) is 0 Å². The SMILES string of the molecule is CNC(=O)OCc1ccc(SSCC(CO)OC)cc1. The first-order valence-electron chi connectivity index (χ1n) is 6.06. The van der Waals surface area contributed by atoms with Crippen molar-refractivity contribution in [2.45, 2.75) is 17.6 Å². The fraction of sp³-hybridized carbons (Fsp3) is 0.462. The number of ether oxygens (including phenoxy) is 2. The number of hydrogen-bond donors (Lipinski definition) is 2. The van der Waals surface area contributed by atoms with Crippen LogP contribution in [-0.2, 0) is 16.1 Å². The van der Waals surface area contributed by atoms with Crippen molar-refractivity contribution in [1.29, 1.82) is 0 Å². The maximum Gasteiger partial charge on any atom is 0.407 e. The first kappa shape index (κ1) is 17.2. The van der Waals surface area contributed by atoms with E-state index in [9.17, 15) is 4.79 Å². The summed E-state index contributed by atoms with van der Waals surface area (Å²) < 4.78 is 10.0. The molecule has 0 saturated heterocycles. The molecule has 0 saturated carbocycles. The van der Waals surface area contributed by atoms with E-state index >= 15 is 0 Å². The topological polar surface area (TPSA) is 67.8 Å². The van der Waals surface area contributed by atoms with Gasteiger partial charge in [-0.1, -0.05) is 33.7 Å². The molecule has 0 aliphatic rings. The molecule has 1 aromatic rings. The van der Waals surface area contributed by atoms with Gasteiger partial charge in [0, 0.05) is 24.8 Å². The molecule has 2 N–H and O–H groups in total. The Labute approximate surface area is 126 Å². The number of aliphatic hydroxyl groups excluding tert-OH is 1. The normalized spacial score (nSPS) is 11.9. The maximum atomic E-state index is 10.9. The lowest BCUT2D eigenvalue weighted by Gasteiger charge is -2.10. The van der Waals surface area contributed by atoms with E-state index in [1.165, 1.54) is 7.05 Å². The number of methoxy groups -OCH3 is 1. The summed E-state index contributed by atoms with van der Waals surface area (Å²) in [7, 11) is 6.37.